The Labute approximate surface area is 172 Å². The molecule has 0 aliphatic carbocycles. The van der Waals surface area contributed by atoms with Crippen LogP contribution < -0.4 is 15.4 Å². The van der Waals surface area contributed by atoms with Gasteiger partial charge in [0.15, 0.2) is 5.82 Å². The fraction of sp³-hybridized carbons (Fsp3) is 0.227. The van der Waals surface area contributed by atoms with E-state index in [9.17, 15) is 14.7 Å². The van der Waals surface area contributed by atoms with E-state index in [1.165, 1.54) is 18.2 Å². The summed E-state index contributed by atoms with van der Waals surface area (Å²) < 4.78 is 5.69. The number of nitrogens with one attached hydrogen (secondary N) is 1. The number of fused-ring (bicyclic) bond motifs is 1. The van der Waals surface area contributed by atoms with Crippen LogP contribution in [0.2, 0.25) is 0 Å². The molecule has 0 saturated carbocycles. The van der Waals surface area contributed by atoms with E-state index in [0.29, 0.717) is 12.5 Å². The summed E-state index contributed by atoms with van der Waals surface area (Å²) in [4.78, 5) is 30.2. The van der Waals surface area contributed by atoms with Crippen molar-refractivity contribution in [1.29, 1.82) is 0 Å². The maximum Gasteiger partial charge on any atom is 0.259 e. The SMILES string of the molecule is CC(C)CCOc1ccc(/C=C(\Cl)c2nc3cc(C(=O)[O-])ccc3c(=O)[nH]2)cc1. The number of aromatic carboxylic acids is 1. The van der Waals surface area contributed by atoms with E-state index in [0.717, 1.165) is 17.7 Å². The molecule has 3 aromatic rings. The highest BCUT2D eigenvalue weighted by Crippen LogP contribution is 2.22. The third kappa shape index (κ3) is 5.23. The van der Waals surface area contributed by atoms with Crippen molar-refractivity contribution in [3.05, 3.63) is 69.8 Å². The van der Waals surface area contributed by atoms with E-state index in [1.807, 2.05) is 24.3 Å². The second kappa shape index (κ2) is 8.92. The summed E-state index contributed by atoms with van der Waals surface area (Å²) in [6, 6.07) is 11.4. The average Bonchev–Trinajstić information content (AvgIpc) is 2.68. The first-order valence-corrected chi connectivity index (χ1v) is 9.57. The number of H-pyrrole nitrogens is 1. The minimum Gasteiger partial charge on any atom is -0.545 e. The van der Waals surface area contributed by atoms with E-state index < -0.39 is 11.5 Å². The highest BCUT2D eigenvalue weighted by Gasteiger charge is 2.08. The molecule has 29 heavy (non-hydrogen) atoms. The van der Waals surface area contributed by atoms with Gasteiger partial charge in [-0.2, -0.15) is 0 Å². The molecule has 1 heterocycles. The van der Waals surface area contributed by atoms with Crippen molar-refractivity contribution in [1.82, 2.24) is 9.97 Å². The Morgan fingerprint density at radius 1 is 1.24 bits per heavy atom. The van der Waals surface area contributed by atoms with Crippen LogP contribution in [-0.2, 0) is 0 Å². The lowest BCUT2D eigenvalue weighted by Gasteiger charge is -2.08. The molecule has 0 amide bonds. The van der Waals surface area contributed by atoms with Crippen molar-refractivity contribution < 1.29 is 14.6 Å². The van der Waals surface area contributed by atoms with Gasteiger partial charge < -0.3 is 19.6 Å². The number of carboxylic acids is 1. The summed E-state index contributed by atoms with van der Waals surface area (Å²) in [7, 11) is 0. The van der Waals surface area contributed by atoms with Crippen LogP contribution >= 0.6 is 11.6 Å². The third-order valence-corrected chi connectivity index (χ3v) is 4.59. The van der Waals surface area contributed by atoms with Crippen molar-refractivity contribution in [2.45, 2.75) is 20.3 Å². The molecule has 0 unspecified atom stereocenters. The molecule has 0 spiro atoms. The van der Waals surface area contributed by atoms with E-state index in [4.69, 9.17) is 16.3 Å². The van der Waals surface area contributed by atoms with Crippen molar-refractivity contribution in [2.75, 3.05) is 6.61 Å². The highest BCUT2D eigenvalue weighted by molar-refractivity contribution is 6.50. The van der Waals surface area contributed by atoms with Crippen LogP contribution in [-0.4, -0.2) is 22.5 Å². The molecule has 1 aromatic heterocycles. The fourth-order valence-electron chi connectivity index (χ4n) is 2.67. The Kier molecular flexibility index (Phi) is 6.34. The number of carboxylic acid groups (broad SMARTS) is 1. The van der Waals surface area contributed by atoms with Gasteiger partial charge in [-0.1, -0.05) is 43.6 Å². The first-order chi connectivity index (χ1) is 13.8. The summed E-state index contributed by atoms with van der Waals surface area (Å²) in [5.41, 5.74) is 0.563. The van der Waals surface area contributed by atoms with Crippen molar-refractivity contribution in [3.63, 3.8) is 0 Å². The summed E-state index contributed by atoms with van der Waals surface area (Å²) in [5.74, 6) is 0.159. The molecule has 1 N–H and O–H groups in total. The van der Waals surface area contributed by atoms with Crippen molar-refractivity contribution in [2.24, 2.45) is 5.92 Å². The molecule has 6 nitrogen and oxygen atoms in total. The van der Waals surface area contributed by atoms with Crippen LogP contribution in [0.1, 0.15) is 42.0 Å². The number of aromatic amines is 1. The number of carbonyl (C=O) groups excluding carboxylic acids is 1. The molecule has 0 aliphatic heterocycles. The predicted molar refractivity (Wildman–Crippen MR) is 112 cm³/mol. The minimum atomic E-state index is -1.34. The first kappa shape index (κ1) is 20.6. The summed E-state index contributed by atoms with van der Waals surface area (Å²) in [6.45, 7) is 4.94. The van der Waals surface area contributed by atoms with Crippen LogP contribution in [0.4, 0.5) is 0 Å². The van der Waals surface area contributed by atoms with E-state index in [2.05, 4.69) is 23.8 Å². The maximum atomic E-state index is 12.3. The number of rotatable bonds is 7. The van der Waals surface area contributed by atoms with Gasteiger partial charge in [0, 0.05) is 0 Å². The third-order valence-electron chi connectivity index (χ3n) is 4.31. The average molecular weight is 412 g/mol. The first-order valence-electron chi connectivity index (χ1n) is 9.19. The van der Waals surface area contributed by atoms with E-state index in [-0.39, 0.29) is 27.3 Å². The van der Waals surface area contributed by atoms with Gasteiger partial charge in [0.25, 0.3) is 5.56 Å². The van der Waals surface area contributed by atoms with Gasteiger partial charge in [0.1, 0.15) is 5.75 Å². The van der Waals surface area contributed by atoms with Gasteiger partial charge in [-0.25, -0.2) is 4.98 Å². The van der Waals surface area contributed by atoms with Gasteiger partial charge >= 0.3 is 0 Å². The number of nitrogens with zero attached hydrogens (tertiary/aromatic N) is 1. The summed E-state index contributed by atoms with van der Waals surface area (Å²) in [6.07, 6.45) is 2.64. The Morgan fingerprint density at radius 3 is 2.62 bits per heavy atom. The lowest BCUT2D eigenvalue weighted by molar-refractivity contribution is -0.255. The van der Waals surface area contributed by atoms with Crippen LogP contribution in [0.25, 0.3) is 22.0 Å². The zero-order valence-electron chi connectivity index (χ0n) is 16.1. The number of benzene rings is 2. The quantitative estimate of drug-likeness (QED) is 0.642. The molecule has 0 fully saturated rings. The number of ether oxygens (including phenoxy) is 1. The smallest absolute Gasteiger partial charge is 0.259 e. The molecule has 0 saturated heterocycles. The van der Waals surface area contributed by atoms with E-state index >= 15 is 0 Å². The Bertz CT molecular complexity index is 1120. The number of halogens is 1. The monoisotopic (exact) mass is 411 g/mol. The summed E-state index contributed by atoms with van der Waals surface area (Å²) >= 11 is 6.34. The van der Waals surface area contributed by atoms with Crippen LogP contribution in [0.15, 0.2) is 47.3 Å². The van der Waals surface area contributed by atoms with E-state index in [1.54, 1.807) is 6.08 Å². The van der Waals surface area contributed by atoms with Gasteiger partial charge in [0.2, 0.25) is 0 Å². The molecule has 0 aliphatic rings. The largest absolute Gasteiger partial charge is 0.545 e. The van der Waals surface area contributed by atoms with Gasteiger partial charge in [-0.3, -0.25) is 4.79 Å². The molecule has 2 aromatic carbocycles. The standard InChI is InChI=1S/C22H21ClN2O4/c1-13(2)9-10-29-16-6-3-14(4-7-16)11-18(23)20-24-19-12-15(22(27)28)5-8-17(19)21(26)25-20/h3-8,11-13H,9-10H2,1-2H3,(H,27,28)(H,24,25,26)/p-1/b18-11-. The van der Waals surface area contributed by atoms with Crippen molar-refractivity contribution in [3.8, 4) is 5.75 Å². The number of hydrogen-bond donors (Lipinski definition) is 1. The lowest BCUT2D eigenvalue weighted by Crippen LogP contribution is -2.22. The lowest BCUT2D eigenvalue weighted by atomic mass is 10.1. The minimum absolute atomic E-state index is 0.0605. The second-order valence-corrected chi connectivity index (χ2v) is 7.43. The fourth-order valence-corrected chi connectivity index (χ4v) is 2.88. The Morgan fingerprint density at radius 2 is 1.97 bits per heavy atom. The molecule has 150 valence electrons. The van der Waals surface area contributed by atoms with Crippen molar-refractivity contribution >= 4 is 39.6 Å². The van der Waals surface area contributed by atoms with Crippen LogP contribution in [0.3, 0.4) is 0 Å². The number of carbonyl (C=O) groups is 1. The van der Waals surface area contributed by atoms with Crippen LogP contribution in [0.5, 0.6) is 5.75 Å². The molecule has 3 rings (SSSR count). The molecular weight excluding hydrogens is 392 g/mol. The predicted octanol–water partition coefficient (Wildman–Crippen LogP) is 3.45. The Hall–Kier alpha value is -3.12. The Balaban J connectivity index is 1.84. The molecule has 0 radical (unpaired) electrons. The second-order valence-electron chi connectivity index (χ2n) is 7.03. The van der Waals surface area contributed by atoms with Gasteiger partial charge in [-0.05, 0) is 53.8 Å². The maximum absolute atomic E-state index is 12.3. The molecular formula is C22H20ClN2O4-. The number of hydrogen-bond acceptors (Lipinski definition) is 5. The zero-order valence-corrected chi connectivity index (χ0v) is 16.8. The zero-order chi connectivity index (χ0) is 21.0. The van der Waals surface area contributed by atoms with Gasteiger partial charge in [-0.15, -0.1) is 0 Å². The van der Waals surface area contributed by atoms with Crippen LogP contribution in [0, 0.1) is 5.92 Å². The van der Waals surface area contributed by atoms with Gasteiger partial charge in [0.05, 0.1) is 28.5 Å². The molecule has 0 atom stereocenters. The summed E-state index contributed by atoms with van der Waals surface area (Å²) in [5, 5.41) is 11.5. The molecule has 7 heteroatoms. The molecule has 0 bridgehead atoms. The number of aromatic nitrogens is 2. The highest BCUT2D eigenvalue weighted by atomic mass is 35.5. The topological polar surface area (TPSA) is 95.1 Å². The normalized spacial score (nSPS) is 11.8.